The molecule has 0 radical (unpaired) electrons. The van der Waals surface area contributed by atoms with Gasteiger partial charge in [-0.3, -0.25) is 0 Å². The molecule has 1 aliphatic rings. The molecule has 6 nitrogen and oxygen atoms in total. The van der Waals surface area contributed by atoms with Crippen molar-refractivity contribution in [2.45, 2.75) is 30.2 Å². The van der Waals surface area contributed by atoms with Crippen LogP contribution < -0.4 is 9.47 Å². The van der Waals surface area contributed by atoms with Crippen molar-refractivity contribution in [1.29, 1.82) is 0 Å². The van der Waals surface area contributed by atoms with Crippen molar-refractivity contribution < 1.29 is 17.9 Å². The Morgan fingerprint density at radius 3 is 2.52 bits per heavy atom. The van der Waals surface area contributed by atoms with E-state index < -0.39 is 10.0 Å². The predicted molar refractivity (Wildman–Crippen MR) is 89.6 cm³/mol. The molecule has 1 aromatic rings. The van der Waals surface area contributed by atoms with Crippen LogP contribution in [0.15, 0.2) is 23.1 Å². The van der Waals surface area contributed by atoms with Crippen LogP contribution in [0, 0.1) is 0 Å². The summed E-state index contributed by atoms with van der Waals surface area (Å²) in [5, 5.41) is 0. The Kier molecular flexibility index (Phi) is 5.89. The minimum absolute atomic E-state index is 0.166. The maximum absolute atomic E-state index is 13.1. The molecule has 0 aromatic heterocycles. The quantitative estimate of drug-likeness (QED) is 0.817. The fourth-order valence-electron chi connectivity index (χ4n) is 2.85. The summed E-state index contributed by atoms with van der Waals surface area (Å²) >= 11 is 0. The highest BCUT2D eigenvalue weighted by molar-refractivity contribution is 7.89. The van der Waals surface area contributed by atoms with Gasteiger partial charge in [-0.25, -0.2) is 8.42 Å². The van der Waals surface area contributed by atoms with Gasteiger partial charge in [-0.15, -0.1) is 0 Å². The van der Waals surface area contributed by atoms with Crippen LogP contribution in [0.4, 0.5) is 0 Å². The van der Waals surface area contributed by atoms with Gasteiger partial charge in [-0.2, -0.15) is 4.31 Å². The Labute approximate surface area is 139 Å². The van der Waals surface area contributed by atoms with Gasteiger partial charge in [0.15, 0.2) is 0 Å². The number of nitrogens with zero attached hydrogens (tertiary/aromatic N) is 2. The van der Waals surface area contributed by atoms with E-state index in [1.54, 1.807) is 16.4 Å². The highest BCUT2D eigenvalue weighted by Gasteiger charge is 2.32. The largest absolute Gasteiger partial charge is 0.497 e. The Hall–Kier alpha value is -1.31. The highest BCUT2D eigenvalue weighted by Crippen LogP contribution is 2.31. The average Bonchev–Trinajstić information content (AvgIpc) is 2.81. The fraction of sp³-hybridized carbons (Fsp3) is 0.625. The molecule has 1 atom stereocenters. The maximum Gasteiger partial charge on any atom is 0.246 e. The van der Waals surface area contributed by atoms with E-state index in [4.69, 9.17) is 9.47 Å². The van der Waals surface area contributed by atoms with Gasteiger partial charge < -0.3 is 14.4 Å². The third-order valence-corrected chi connectivity index (χ3v) is 6.21. The van der Waals surface area contributed by atoms with Crippen molar-refractivity contribution in [3.63, 3.8) is 0 Å². The van der Waals surface area contributed by atoms with E-state index in [0.717, 1.165) is 19.3 Å². The normalized spacial score (nSPS) is 20.3. The Morgan fingerprint density at radius 2 is 1.91 bits per heavy atom. The van der Waals surface area contributed by atoms with Gasteiger partial charge in [0.2, 0.25) is 10.0 Å². The minimum Gasteiger partial charge on any atom is -0.497 e. The van der Waals surface area contributed by atoms with Crippen molar-refractivity contribution in [2.24, 2.45) is 0 Å². The summed E-state index contributed by atoms with van der Waals surface area (Å²) in [4.78, 5) is 2.26. The van der Waals surface area contributed by atoms with Gasteiger partial charge in [0.05, 0.1) is 14.2 Å². The van der Waals surface area contributed by atoms with Crippen molar-refractivity contribution in [3.05, 3.63) is 18.2 Å². The van der Waals surface area contributed by atoms with Crippen molar-refractivity contribution in [3.8, 4) is 11.5 Å². The summed E-state index contributed by atoms with van der Waals surface area (Å²) in [6.07, 6.45) is 2.91. The molecular formula is C16H26N2O4S. The highest BCUT2D eigenvalue weighted by atomic mass is 32.2. The average molecular weight is 342 g/mol. The lowest BCUT2D eigenvalue weighted by Crippen LogP contribution is -2.41. The zero-order valence-corrected chi connectivity index (χ0v) is 15.1. The van der Waals surface area contributed by atoms with E-state index in [1.807, 2.05) is 14.1 Å². The number of hydrogen-bond acceptors (Lipinski definition) is 5. The van der Waals surface area contributed by atoms with Crippen LogP contribution in [0.3, 0.4) is 0 Å². The van der Waals surface area contributed by atoms with E-state index in [2.05, 4.69) is 4.90 Å². The topological polar surface area (TPSA) is 59.1 Å². The predicted octanol–water partition coefficient (Wildman–Crippen LogP) is 1.81. The third kappa shape index (κ3) is 3.97. The summed E-state index contributed by atoms with van der Waals surface area (Å²) < 4.78 is 38.3. The molecule has 0 unspecified atom stereocenters. The van der Waals surface area contributed by atoms with E-state index in [1.165, 1.54) is 20.3 Å². The van der Waals surface area contributed by atoms with Crippen LogP contribution in [-0.2, 0) is 10.0 Å². The lowest BCUT2D eigenvalue weighted by Gasteiger charge is -2.28. The number of rotatable bonds is 5. The minimum atomic E-state index is -3.63. The van der Waals surface area contributed by atoms with Crippen LogP contribution in [-0.4, -0.2) is 65.1 Å². The molecule has 1 aromatic carbocycles. The number of ether oxygens (including phenoxy) is 2. The van der Waals surface area contributed by atoms with Gasteiger partial charge in [-0.1, -0.05) is 6.42 Å². The third-order valence-electron chi connectivity index (χ3n) is 4.33. The molecule has 0 bridgehead atoms. The Balaban J connectivity index is 2.40. The van der Waals surface area contributed by atoms with Crippen molar-refractivity contribution in [2.75, 3.05) is 41.4 Å². The van der Waals surface area contributed by atoms with Gasteiger partial charge in [0.1, 0.15) is 16.4 Å². The SMILES string of the molecule is COc1ccc(OC)c(S(=O)(=O)N2CCCC[C@H](N(C)C)C2)c1. The summed E-state index contributed by atoms with van der Waals surface area (Å²) in [5.41, 5.74) is 0. The first kappa shape index (κ1) is 18.0. The molecule has 0 saturated carbocycles. The molecule has 1 heterocycles. The molecule has 0 amide bonds. The summed E-state index contributed by atoms with van der Waals surface area (Å²) in [6.45, 7) is 1.03. The van der Waals surface area contributed by atoms with Crippen molar-refractivity contribution in [1.82, 2.24) is 9.21 Å². The first-order chi connectivity index (χ1) is 10.9. The van der Waals surface area contributed by atoms with E-state index >= 15 is 0 Å². The molecule has 23 heavy (non-hydrogen) atoms. The molecular weight excluding hydrogens is 316 g/mol. The molecule has 130 valence electrons. The van der Waals surface area contributed by atoms with E-state index in [0.29, 0.717) is 24.6 Å². The summed E-state index contributed by atoms with van der Waals surface area (Å²) in [6, 6.07) is 5.09. The van der Waals surface area contributed by atoms with Crippen molar-refractivity contribution >= 4 is 10.0 Å². The molecule has 1 saturated heterocycles. The van der Waals surface area contributed by atoms with Crippen LogP contribution in [0.25, 0.3) is 0 Å². The van der Waals surface area contributed by atoms with Crippen LogP contribution >= 0.6 is 0 Å². The second-order valence-electron chi connectivity index (χ2n) is 5.99. The van der Waals surface area contributed by atoms with Crippen LogP contribution in [0.5, 0.6) is 11.5 Å². The first-order valence-corrected chi connectivity index (χ1v) is 9.22. The fourth-order valence-corrected chi connectivity index (χ4v) is 4.54. The van der Waals surface area contributed by atoms with Crippen LogP contribution in [0.2, 0.25) is 0 Å². The maximum atomic E-state index is 13.1. The molecule has 7 heteroatoms. The summed E-state index contributed by atoms with van der Waals surface area (Å²) in [5.74, 6) is 0.847. The molecule has 1 aliphatic heterocycles. The molecule has 0 N–H and O–H groups in total. The first-order valence-electron chi connectivity index (χ1n) is 7.78. The Bertz CT molecular complexity index is 631. The second-order valence-corrected chi connectivity index (χ2v) is 7.90. The number of methoxy groups -OCH3 is 2. The molecule has 1 fully saturated rings. The van der Waals surface area contributed by atoms with Gasteiger partial charge in [-0.05, 0) is 39.1 Å². The summed E-state index contributed by atoms with van der Waals surface area (Å²) in [7, 11) is 3.36. The van der Waals surface area contributed by atoms with E-state index in [-0.39, 0.29) is 10.9 Å². The van der Waals surface area contributed by atoms with Gasteiger partial charge in [0, 0.05) is 25.2 Å². The zero-order chi connectivity index (χ0) is 17.0. The monoisotopic (exact) mass is 342 g/mol. The molecule has 0 spiro atoms. The zero-order valence-electron chi connectivity index (χ0n) is 14.3. The molecule has 2 rings (SSSR count). The number of hydrogen-bond donors (Lipinski definition) is 0. The smallest absolute Gasteiger partial charge is 0.246 e. The standard InChI is InChI=1S/C16H26N2O4S/c1-17(2)13-7-5-6-10-18(12-13)23(19,20)16-11-14(21-3)8-9-15(16)22-4/h8-9,11,13H,5-7,10,12H2,1-4H3/t13-/m0/s1. The molecule has 0 aliphatic carbocycles. The second kappa shape index (κ2) is 7.51. The number of benzene rings is 1. The van der Waals surface area contributed by atoms with Crippen LogP contribution in [0.1, 0.15) is 19.3 Å². The number of sulfonamides is 1. The lowest BCUT2D eigenvalue weighted by atomic mass is 10.1. The number of likely N-dealkylation sites (N-methyl/N-ethyl adjacent to an activating group) is 1. The lowest BCUT2D eigenvalue weighted by molar-refractivity contribution is 0.248. The van der Waals surface area contributed by atoms with Gasteiger partial charge in [0.25, 0.3) is 0 Å². The van der Waals surface area contributed by atoms with E-state index in [9.17, 15) is 8.42 Å². The Morgan fingerprint density at radius 1 is 1.17 bits per heavy atom. The van der Waals surface area contributed by atoms with Gasteiger partial charge >= 0.3 is 0 Å².